The Balaban J connectivity index is 1.68. The van der Waals surface area contributed by atoms with Crippen LogP contribution in [0.5, 0.6) is 0 Å². The van der Waals surface area contributed by atoms with Crippen LogP contribution < -0.4 is 0 Å². The van der Waals surface area contributed by atoms with Crippen LogP contribution >= 0.6 is 0 Å². The number of rotatable bonds is 2. The lowest BCUT2D eigenvalue weighted by Crippen LogP contribution is -1.88. The normalized spacial score (nSPS) is 12.0. The molecule has 0 fully saturated rings. The fourth-order valence-corrected chi connectivity index (χ4v) is 5.50. The zero-order valence-electron chi connectivity index (χ0n) is 18.7. The SMILES string of the molecule is C(=C\c1ccc2c3ccccc3c3c4ccccc4c4ccccc4c3c2c1)/c1ccccc1. The maximum Gasteiger partial charge on any atom is -0.00137 e. The van der Waals surface area contributed by atoms with Crippen molar-refractivity contribution in [2.75, 3.05) is 0 Å². The standard InChI is InChI=1S/C34H22/c1-2-10-23(11-3-1)18-19-24-20-21-28-27-14-6-8-16-30(27)33-29-15-7-4-12-25(29)26-13-5-9-17-31(26)34(33)32(28)22-24/h1-22H/b19-18+. The van der Waals surface area contributed by atoms with Crippen LogP contribution in [0, 0.1) is 0 Å². The molecule has 0 aromatic heterocycles. The summed E-state index contributed by atoms with van der Waals surface area (Å²) in [6.45, 7) is 0. The van der Waals surface area contributed by atoms with Gasteiger partial charge in [-0.05, 0) is 71.1 Å². The van der Waals surface area contributed by atoms with Crippen LogP contribution in [0.4, 0.5) is 0 Å². The summed E-state index contributed by atoms with van der Waals surface area (Å²) in [5.74, 6) is 0. The topological polar surface area (TPSA) is 0 Å². The molecule has 0 heterocycles. The van der Waals surface area contributed by atoms with Crippen molar-refractivity contribution in [3.8, 4) is 0 Å². The Kier molecular flexibility index (Phi) is 4.25. The molecule has 158 valence electrons. The first-order valence-corrected chi connectivity index (χ1v) is 11.8. The quantitative estimate of drug-likeness (QED) is 0.189. The Labute approximate surface area is 198 Å². The maximum absolute atomic E-state index is 2.37. The predicted octanol–water partition coefficient (Wildman–Crippen LogP) is 9.62. The molecule has 34 heavy (non-hydrogen) atoms. The Morgan fingerprint density at radius 3 is 1.26 bits per heavy atom. The molecule has 7 aromatic rings. The monoisotopic (exact) mass is 430 g/mol. The van der Waals surface area contributed by atoms with Gasteiger partial charge in [-0.25, -0.2) is 0 Å². The van der Waals surface area contributed by atoms with Gasteiger partial charge in [0.25, 0.3) is 0 Å². The minimum atomic E-state index is 1.21. The highest BCUT2D eigenvalue weighted by atomic mass is 14.2. The largest absolute Gasteiger partial charge is 0.0622 e. The summed E-state index contributed by atoms with van der Waals surface area (Å²) in [6.07, 6.45) is 4.41. The molecule has 0 radical (unpaired) electrons. The van der Waals surface area contributed by atoms with Gasteiger partial charge in [-0.15, -0.1) is 0 Å². The average Bonchev–Trinajstić information content (AvgIpc) is 2.92. The van der Waals surface area contributed by atoms with Gasteiger partial charge < -0.3 is 0 Å². The van der Waals surface area contributed by atoms with Gasteiger partial charge in [0.15, 0.2) is 0 Å². The highest BCUT2D eigenvalue weighted by molar-refractivity contribution is 6.39. The molecule has 0 amide bonds. The lowest BCUT2D eigenvalue weighted by atomic mass is 9.87. The van der Waals surface area contributed by atoms with Gasteiger partial charge in [0.05, 0.1) is 0 Å². The van der Waals surface area contributed by atoms with Crippen molar-refractivity contribution in [2.24, 2.45) is 0 Å². The van der Waals surface area contributed by atoms with Crippen molar-refractivity contribution in [1.82, 2.24) is 0 Å². The molecular formula is C34H22. The van der Waals surface area contributed by atoms with Gasteiger partial charge in [0, 0.05) is 0 Å². The van der Waals surface area contributed by atoms with E-state index in [1.165, 1.54) is 65.0 Å². The third-order valence-electron chi connectivity index (χ3n) is 7.00. The summed E-state index contributed by atoms with van der Waals surface area (Å²) >= 11 is 0. The summed E-state index contributed by atoms with van der Waals surface area (Å²) in [5.41, 5.74) is 2.42. The summed E-state index contributed by atoms with van der Waals surface area (Å²) in [5, 5.41) is 13.2. The van der Waals surface area contributed by atoms with E-state index in [2.05, 4.69) is 133 Å². The number of hydrogen-bond acceptors (Lipinski definition) is 0. The molecule has 0 atom stereocenters. The first kappa shape index (κ1) is 19.1. The van der Waals surface area contributed by atoms with Crippen molar-refractivity contribution in [2.45, 2.75) is 0 Å². The van der Waals surface area contributed by atoms with Gasteiger partial charge in [0.1, 0.15) is 0 Å². The number of fused-ring (bicyclic) bond motifs is 11. The summed E-state index contributed by atoms with van der Waals surface area (Å²) in [4.78, 5) is 0. The second-order valence-electron chi connectivity index (χ2n) is 8.94. The first-order chi connectivity index (χ1) is 16.9. The second kappa shape index (κ2) is 7.57. The van der Waals surface area contributed by atoms with Gasteiger partial charge in [-0.1, -0.05) is 127 Å². The van der Waals surface area contributed by atoms with E-state index in [9.17, 15) is 0 Å². The Hall–Kier alpha value is -4.42. The van der Waals surface area contributed by atoms with Gasteiger partial charge in [-0.3, -0.25) is 0 Å². The molecular weight excluding hydrogens is 408 g/mol. The van der Waals surface area contributed by atoms with Crippen LogP contribution in [0.2, 0.25) is 0 Å². The third-order valence-corrected chi connectivity index (χ3v) is 7.00. The van der Waals surface area contributed by atoms with Crippen molar-refractivity contribution < 1.29 is 0 Å². The molecule has 0 heteroatoms. The predicted molar refractivity (Wildman–Crippen MR) is 149 cm³/mol. The van der Waals surface area contributed by atoms with E-state index in [-0.39, 0.29) is 0 Å². The average molecular weight is 431 g/mol. The molecule has 0 bridgehead atoms. The zero-order valence-corrected chi connectivity index (χ0v) is 18.7. The summed E-state index contributed by atoms with van der Waals surface area (Å²) < 4.78 is 0. The van der Waals surface area contributed by atoms with Gasteiger partial charge in [-0.2, -0.15) is 0 Å². The molecule has 0 nitrogen and oxygen atoms in total. The molecule has 0 spiro atoms. The molecule has 0 aliphatic rings. The zero-order chi connectivity index (χ0) is 22.5. The Morgan fingerprint density at radius 2 is 0.706 bits per heavy atom. The van der Waals surface area contributed by atoms with Crippen molar-refractivity contribution in [1.29, 1.82) is 0 Å². The van der Waals surface area contributed by atoms with Crippen molar-refractivity contribution in [3.05, 3.63) is 132 Å². The van der Waals surface area contributed by atoms with E-state index in [4.69, 9.17) is 0 Å². The van der Waals surface area contributed by atoms with Crippen LogP contribution in [0.25, 0.3) is 66.0 Å². The van der Waals surface area contributed by atoms with Crippen molar-refractivity contribution >= 4 is 66.0 Å². The van der Waals surface area contributed by atoms with Crippen molar-refractivity contribution in [3.63, 3.8) is 0 Å². The second-order valence-corrected chi connectivity index (χ2v) is 8.94. The van der Waals surface area contributed by atoms with Crippen LogP contribution in [-0.4, -0.2) is 0 Å². The van der Waals surface area contributed by atoms with E-state index < -0.39 is 0 Å². The number of benzene rings is 7. The lowest BCUT2D eigenvalue weighted by Gasteiger charge is -2.16. The van der Waals surface area contributed by atoms with E-state index in [1.54, 1.807) is 0 Å². The highest BCUT2D eigenvalue weighted by Gasteiger charge is 2.15. The summed E-state index contributed by atoms with van der Waals surface area (Å²) in [6, 6.07) is 44.0. The van der Waals surface area contributed by atoms with Gasteiger partial charge in [0.2, 0.25) is 0 Å². The van der Waals surface area contributed by atoms with Crippen LogP contribution in [0.1, 0.15) is 11.1 Å². The molecule has 7 aromatic carbocycles. The molecule has 0 N–H and O–H groups in total. The van der Waals surface area contributed by atoms with E-state index in [0.717, 1.165) is 0 Å². The lowest BCUT2D eigenvalue weighted by molar-refractivity contribution is 1.66. The fourth-order valence-electron chi connectivity index (χ4n) is 5.50. The van der Waals surface area contributed by atoms with Crippen LogP contribution in [0.3, 0.4) is 0 Å². The smallest absolute Gasteiger partial charge is 0.00137 e. The van der Waals surface area contributed by atoms with E-state index >= 15 is 0 Å². The maximum atomic E-state index is 2.37. The third kappa shape index (κ3) is 2.86. The van der Waals surface area contributed by atoms with E-state index in [0.29, 0.717) is 0 Å². The summed E-state index contributed by atoms with van der Waals surface area (Å²) in [7, 11) is 0. The van der Waals surface area contributed by atoms with Crippen LogP contribution in [0.15, 0.2) is 121 Å². The Bertz CT molecular complexity index is 1870. The fraction of sp³-hybridized carbons (Fsp3) is 0. The molecule has 0 unspecified atom stereocenters. The first-order valence-electron chi connectivity index (χ1n) is 11.8. The molecule has 0 aliphatic heterocycles. The minimum absolute atomic E-state index is 1.21. The van der Waals surface area contributed by atoms with Crippen LogP contribution in [-0.2, 0) is 0 Å². The Morgan fingerprint density at radius 1 is 0.294 bits per heavy atom. The van der Waals surface area contributed by atoms with Gasteiger partial charge >= 0.3 is 0 Å². The molecule has 0 aliphatic carbocycles. The molecule has 0 saturated carbocycles. The van der Waals surface area contributed by atoms with E-state index in [1.807, 2.05) is 0 Å². The highest BCUT2D eigenvalue weighted by Crippen LogP contribution is 2.43. The molecule has 0 saturated heterocycles. The number of hydrogen-bond donors (Lipinski definition) is 0. The minimum Gasteiger partial charge on any atom is -0.0622 e. The molecule has 7 rings (SSSR count).